The molecular formula is C15H22N2O3. The lowest BCUT2D eigenvalue weighted by Crippen LogP contribution is -2.32. The molecule has 0 aliphatic carbocycles. The van der Waals surface area contributed by atoms with Crippen LogP contribution in [0.2, 0.25) is 0 Å². The zero-order valence-corrected chi connectivity index (χ0v) is 12.0. The number of nitrogens with zero attached hydrogens (tertiary/aromatic N) is 1. The molecule has 0 aliphatic rings. The molecule has 1 aromatic rings. The smallest absolute Gasteiger partial charge is 0.253 e. The van der Waals surface area contributed by atoms with E-state index in [0.29, 0.717) is 12.5 Å². The monoisotopic (exact) mass is 278 g/mol. The molecule has 110 valence electrons. The van der Waals surface area contributed by atoms with Gasteiger partial charge in [0.05, 0.1) is 6.61 Å². The Morgan fingerprint density at radius 2 is 2.40 bits per heavy atom. The summed E-state index contributed by atoms with van der Waals surface area (Å²) in [6, 6.07) is 3.63. The Morgan fingerprint density at radius 1 is 1.60 bits per heavy atom. The van der Waals surface area contributed by atoms with Gasteiger partial charge >= 0.3 is 0 Å². The average Bonchev–Trinajstić information content (AvgIpc) is 2.46. The van der Waals surface area contributed by atoms with Gasteiger partial charge in [0, 0.05) is 18.3 Å². The molecule has 1 amide bonds. The Morgan fingerprint density at radius 3 is 3.10 bits per heavy atom. The Balaban J connectivity index is 2.56. The largest absolute Gasteiger partial charge is 0.477 e. The predicted octanol–water partition coefficient (Wildman–Crippen LogP) is 1.81. The third-order valence-electron chi connectivity index (χ3n) is 2.68. The fourth-order valence-corrected chi connectivity index (χ4v) is 1.56. The molecule has 0 radical (unpaired) electrons. The van der Waals surface area contributed by atoms with Gasteiger partial charge in [0.1, 0.15) is 0 Å². The molecular weight excluding hydrogens is 256 g/mol. The highest BCUT2D eigenvalue weighted by Crippen LogP contribution is 2.14. The van der Waals surface area contributed by atoms with Crippen molar-refractivity contribution in [3.63, 3.8) is 0 Å². The standard InChI is InChI=1S/C15H22N2O3/c1-3-5-10-20-15-12(8-6-9-16-15)11-17-14(19)13(18)7-4-2/h4,6-9,13,18H,3,5,10-11H2,1-2H3,(H,17,19)/b7-4+. The highest BCUT2D eigenvalue weighted by Gasteiger charge is 2.12. The summed E-state index contributed by atoms with van der Waals surface area (Å²) >= 11 is 0. The van der Waals surface area contributed by atoms with E-state index in [2.05, 4.69) is 17.2 Å². The Bertz CT molecular complexity index is 446. The van der Waals surface area contributed by atoms with Crippen LogP contribution in [0, 0.1) is 0 Å². The van der Waals surface area contributed by atoms with Gasteiger partial charge in [-0.05, 0) is 19.4 Å². The Labute approximate surface area is 119 Å². The van der Waals surface area contributed by atoms with E-state index in [1.54, 1.807) is 25.3 Å². The van der Waals surface area contributed by atoms with Crippen LogP contribution >= 0.6 is 0 Å². The molecule has 20 heavy (non-hydrogen) atoms. The third kappa shape index (κ3) is 5.40. The van der Waals surface area contributed by atoms with Crippen molar-refractivity contribution in [1.29, 1.82) is 0 Å². The molecule has 0 spiro atoms. The second kappa shape index (κ2) is 9.09. The van der Waals surface area contributed by atoms with E-state index >= 15 is 0 Å². The van der Waals surface area contributed by atoms with Crippen LogP contribution in [0.4, 0.5) is 0 Å². The summed E-state index contributed by atoms with van der Waals surface area (Å²) in [5.74, 6) is 0.0910. The molecule has 1 aromatic heterocycles. The van der Waals surface area contributed by atoms with Crippen LogP contribution in [-0.4, -0.2) is 28.7 Å². The van der Waals surface area contributed by atoms with E-state index in [1.807, 2.05) is 6.07 Å². The van der Waals surface area contributed by atoms with Gasteiger partial charge in [-0.15, -0.1) is 0 Å². The zero-order chi connectivity index (χ0) is 14.8. The molecule has 0 bridgehead atoms. The molecule has 1 atom stereocenters. The van der Waals surface area contributed by atoms with Gasteiger partial charge in [-0.25, -0.2) is 4.98 Å². The van der Waals surface area contributed by atoms with Gasteiger partial charge in [0.25, 0.3) is 5.91 Å². The molecule has 0 aliphatic heterocycles. The maximum absolute atomic E-state index is 11.6. The minimum absolute atomic E-state index is 0.281. The molecule has 5 nitrogen and oxygen atoms in total. The van der Waals surface area contributed by atoms with E-state index < -0.39 is 12.0 Å². The van der Waals surface area contributed by atoms with Crippen molar-refractivity contribution < 1.29 is 14.6 Å². The summed E-state index contributed by atoms with van der Waals surface area (Å²) < 4.78 is 5.58. The van der Waals surface area contributed by atoms with Crippen LogP contribution in [0.15, 0.2) is 30.5 Å². The number of nitrogens with one attached hydrogen (secondary N) is 1. The van der Waals surface area contributed by atoms with E-state index in [0.717, 1.165) is 18.4 Å². The van der Waals surface area contributed by atoms with Crippen LogP contribution in [-0.2, 0) is 11.3 Å². The van der Waals surface area contributed by atoms with Gasteiger partial charge in [-0.1, -0.05) is 31.6 Å². The summed E-state index contributed by atoms with van der Waals surface area (Å²) in [4.78, 5) is 15.8. The van der Waals surface area contributed by atoms with E-state index in [4.69, 9.17) is 4.74 Å². The van der Waals surface area contributed by atoms with Crippen LogP contribution in [0.5, 0.6) is 5.88 Å². The first-order chi connectivity index (χ1) is 9.69. The van der Waals surface area contributed by atoms with Crippen molar-refractivity contribution in [2.75, 3.05) is 6.61 Å². The number of aliphatic hydroxyl groups excluding tert-OH is 1. The summed E-state index contributed by atoms with van der Waals surface area (Å²) in [6.07, 6.45) is 5.60. The number of amides is 1. The second-order valence-corrected chi connectivity index (χ2v) is 4.36. The van der Waals surface area contributed by atoms with Crippen molar-refractivity contribution in [1.82, 2.24) is 10.3 Å². The molecule has 2 N–H and O–H groups in total. The van der Waals surface area contributed by atoms with Gasteiger partial charge in [0.2, 0.25) is 5.88 Å². The molecule has 1 rings (SSSR count). The summed E-state index contributed by atoms with van der Waals surface area (Å²) in [7, 11) is 0. The average molecular weight is 278 g/mol. The molecule has 0 saturated heterocycles. The van der Waals surface area contributed by atoms with Crippen molar-refractivity contribution in [2.45, 2.75) is 39.3 Å². The van der Waals surface area contributed by atoms with E-state index in [9.17, 15) is 9.90 Å². The Hall–Kier alpha value is -1.88. The fraction of sp³-hybridized carbons (Fsp3) is 0.467. The summed E-state index contributed by atoms with van der Waals surface area (Å²) in [5, 5.41) is 12.1. The van der Waals surface area contributed by atoms with Crippen molar-refractivity contribution in [2.24, 2.45) is 0 Å². The van der Waals surface area contributed by atoms with Gasteiger partial charge in [0.15, 0.2) is 6.10 Å². The quantitative estimate of drug-likeness (QED) is 0.562. The maximum atomic E-state index is 11.6. The number of pyridine rings is 1. The van der Waals surface area contributed by atoms with Crippen LogP contribution in [0.3, 0.4) is 0 Å². The first-order valence-corrected chi connectivity index (χ1v) is 6.84. The number of ether oxygens (including phenoxy) is 1. The number of hydrogen-bond donors (Lipinski definition) is 2. The number of aliphatic hydroxyl groups is 1. The number of allylic oxidation sites excluding steroid dienone is 1. The lowest BCUT2D eigenvalue weighted by atomic mass is 10.2. The van der Waals surface area contributed by atoms with E-state index in [-0.39, 0.29) is 6.54 Å². The Kier molecular flexibility index (Phi) is 7.35. The van der Waals surface area contributed by atoms with Crippen molar-refractivity contribution in [3.8, 4) is 5.88 Å². The third-order valence-corrected chi connectivity index (χ3v) is 2.68. The van der Waals surface area contributed by atoms with Crippen molar-refractivity contribution in [3.05, 3.63) is 36.0 Å². The van der Waals surface area contributed by atoms with Crippen LogP contribution < -0.4 is 10.1 Å². The molecule has 1 heterocycles. The number of rotatable bonds is 8. The number of aromatic nitrogens is 1. The molecule has 0 fully saturated rings. The molecule has 0 aromatic carbocycles. The molecule has 1 unspecified atom stereocenters. The molecule has 0 saturated carbocycles. The first kappa shape index (κ1) is 16.2. The van der Waals surface area contributed by atoms with Gasteiger partial charge in [-0.2, -0.15) is 0 Å². The number of carbonyl (C=O) groups excluding carboxylic acids is 1. The minimum atomic E-state index is -1.12. The lowest BCUT2D eigenvalue weighted by molar-refractivity contribution is -0.127. The normalized spacial score (nSPS) is 12.3. The summed E-state index contributed by atoms with van der Waals surface area (Å²) in [5.41, 5.74) is 0.796. The molecule has 5 heteroatoms. The van der Waals surface area contributed by atoms with Crippen molar-refractivity contribution >= 4 is 5.91 Å². The highest BCUT2D eigenvalue weighted by molar-refractivity contribution is 5.82. The maximum Gasteiger partial charge on any atom is 0.253 e. The fourth-order valence-electron chi connectivity index (χ4n) is 1.56. The lowest BCUT2D eigenvalue weighted by Gasteiger charge is -2.11. The number of hydrogen-bond acceptors (Lipinski definition) is 4. The zero-order valence-electron chi connectivity index (χ0n) is 12.0. The SMILES string of the molecule is C/C=C/C(O)C(=O)NCc1cccnc1OCCCC. The van der Waals surface area contributed by atoms with Gasteiger partial charge < -0.3 is 15.2 Å². The second-order valence-electron chi connectivity index (χ2n) is 4.36. The van der Waals surface area contributed by atoms with E-state index in [1.165, 1.54) is 6.08 Å². The number of carbonyl (C=O) groups is 1. The van der Waals surface area contributed by atoms with Crippen LogP contribution in [0.1, 0.15) is 32.3 Å². The minimum Gasteiger partial charge on any atom is -0.477 e. The number of unbranched alkanes of at least 4 members (excludes halogenated alkanes) is 1. The first-order valence-electron chi connectivity index (χ1n) is 6.84. The summed E-state index contributed by atoms with van der Waals surface area (Å²) in [6.45, 7) is 4.72. The highest BCUT2D eigenvalue weighted by atomic mass is 16.5. The predicted molar refractivity (Wildman–Crippen MR) is 77.3 cm³/mol. The topological polar surface area (TPSA) is 71.5 Å². The van der Waals surface area contributed by atoms with Crippen LogP contribution in [0.25, 0.3) is 0 Å². The van der Waals surface area contributed by atoms with Gasteiger partial charge in [-0.3, -0.25) is 4.79 Å².